The van der Waals surface area contributed by atoms with Crippen LogP contribution in [-0.2, 0) is 13.0 Å². The lowest BCUT2D eigenvalue weighted by Crippen LogP contribution is -2.05. The zero-order valence-electron chi connectivity index (χ0n) is 10.5. The minimum atomic E-state index is 0.174. The van der Waals surface area contributed by atoms with E-state index >= 15 is 0 Å². The Labute approximate surface area is 116 Å². The number of nitrogens with one attached hydrogen (secondary N) is 1. The fraction of sp³-hybridized carbons (Fsp3) is 0.231. The zero-order chi connectivity index (χ0) is 13.7. The monoisotopic (exact) mass is 275 g/mol. The summed E-state index contributed by atoms with van der Waals surface area (Å²) in [5, 5.41) is 11.5. The summed E-state index contributed by atoms with van der Waals surface area (Å²) in [5.41, 5.74) is 13.3. The van der Waals surface area contributed by atoms with Gasteiger partial charge in [0, 0.05) is 11.9 Å². The number of benzene rings is 1. The van der Waals surface area contributed by atoms with E-state index in [1.54, 1.807) is 6.07 Å². The van der Waals surface area contributed by atoms with Crippen LogP contribution in [0.1, 0.15) is 11.1 Å². The Balaban J connectivity index is 1.89. The Kier molecular flexibility index (Phi) is 4.46. The molecule has 0 bridgehead atoms. The molecule has 1 aromatic carbocycles. The van der Waals surface area contributed by atoms with Crippen molar-refractivity contribution >= 4 is 22.7 Å². The van der Waals surface area contributed by atoms with Crippen LogP contribution in [0.25, 0.3) is 0 Å². The van der Waals surface area contributed by atoms with Gasteiger partial charge in [0.1, 0.15) is 5.82 Å². The summed E-state index contributed by atoms with van der Waals surface area (Å²) in [4.78, 5) is 0. The predicted octanol–water partition coefficient (Wildman–Crippen LogP) is 1.68. The lowest BCUT2D eigenvalue weighted by atomic mass is 10.1. The van der Waals surface area contributed by atoms with E-state index in [1.165, 1.54) is 22.9 Å². The fourth-order valence-corrected chi connectivity index (χ4v) is 2.30. The summed E-state index contributed by atoms with van der Waals surface area (Å²) in [5.74, 6) is 1.38. The molecule has 6 heteroatoms. The Bertz CT molecular complexity index is 546. The van der Waals surface area contributed by atoms with Gasteiger partial charge < -0.3 is 11.5 Å². The summed E-state index contributed by atoms with van der Waals surface area (Å²) in [6, 6.07) is 10.2. The van der Waals surface area contributed by atoms with Crippen LogP contribution < -0.4 is 11.5 Å². The first-order valence-electron chi connectivity index (χ1n) is 5.97. The lowest BCUT2D eigenvalue weighted by molar-refractivity contribution is 0.690. The second-order valence-electron chi connectivity index (χ2n) is 4.22. The van der Waals surface area contributed by atoms with E-state index in [0.717, 1.165) is 18.7 Å². The van der Waals surface area contributed by atoms with Gasteiger partial charge in [-0.1, -0.05) is 36.0 Å². The third-order valence-electron chi connectivity index (χ3n) is 2.68. The van der Waals surface area contributed by atoms with Gasteiger partial charge in [-0.05, 0) is 23.6 Å². The van der Waals surface area contributed by atoms with Gasteiger partial charge in [-0.3, -0.25) is 10.1 Å². The normalized spacial score (nSPS) is 10.5. The van der Waals surface area contributed by atoms with E-state index in [0.29, 0.717) is 5.82 Å². The van der Waals surface area contributed by atoms with Crippen molar-refractivity contribution < 1.29 is 0 Å². The molecule has 5 nitrogen and oxygen atoms in total. The second kappa shape index (κ2) is 6.29. The standard InChI is InChI=1S/C13H17N5S/c14-12-5-7-18(17-12)9-11-3-1-10(2-4-11)6-8-19-13(15)16/h1-5,7H,6,8-9H2,(H2,14,17)(H3,15,16). The number of nitrogens with zero attached hydrogens (tertiary/aromatic N) is 2. The molecule has 0 atom stereocenters. The highest BCUT2D eigenvalue weighted by Crippen LogP contribution is 2.10. The van der Waals surface area contributed by atoms with E-state index in [2.05, 4.69) is 29.4 Å². The molecule has 0 spiro atoms. The van der Waals surface area contributed by atoms with Crippen molar-refractivity contribution in [2.24, 2.45) is 5.73 Å². The number of aryl methyl sites for hydroxylation is 1. The quantitative estimate of drug-likeness (QED) is 0.571. The smallest absolute Gasteiger partial charge is 0.151 e. The Morgan fingerprint density at radius 2 is 1.89 bits per heavy atom. The average molecular weight is 275 g/mol. The van der Waals surface area contributed by atoms with Crippen LogP contribution in [0.4, 0.5) is 5.82 Å². The molecule has 0 fully saturated rings. The van der Waals surface area contributed by atoms with Gasteiger partial charge in [0.15, 0.2) is 5.17 Å². The molecule has 1 heterocycles. The van der Waals surface area contributed by atoms with Crippen LogP contribution in [-0.4, -0.2) is 20.7 Å². The first kappa shape index (κ1) is 13.5. The van der Waals surface area contributed by atoms with Crippen molar-refractivity contribution in [1.82, 2.24) is 9.78 Å². The van der Waals surface area contributed by atoms with E-state index in [-0.39, 0.29) is 5.17 Å². The first-order chi connectivity index (χ1) is 9.13. The van der Waals surface area contributed by atoms with Crippen molar-refractivity contribution in [3.05, 3.63) is 47.7 Å². The molecular formula is C13H17N5S. The zero-order valence-corrected chi connectivity index (χ0v) is 11.4. The Hall–Kier alpha value is -1.95. The molecule has 0 saturated carbocycles. The number of rotatable bonds is 5. The Morgan fingerprint density at radius 1 is 1.21 bits per heavy atom. The summed E-state index contributed by atoms with van der Waals surface area (Å²) < 4.78 is 1.82. The van der Waals surface area contributed by atoms with E-state index in [4.69, 9.17) is 16.9 Å². The summed E-state index contributed by atoms with van der Waals surface area (Å²) >= 11 is 1.37. The van der Waals surface area contributed by atoms with Gasteiger partial charge in [0.25, 0.3) is 0 Å². The van der Waals surface area contributed by atoms with Crippen LogP contribution in [0.3, 0.4) is 0 Å². The molecule has 5 N–H and O–H groups in total. The van der Waals surface area contributed by atoms with Gasteiger partial charge in [-0.2, -0.15) is 5.10 Å². The van der Waals surface area contributed by atoms with Crippen molar-refractivity contribution in [2.75, 3.05) is 11.5 Å². The second-order valence-corrected chi connectivity index (χ2v) is 5.35. The molecule has 0 saturated heterocycles. The van der Waals surface area contributed by atoms with Crippen LogP contribution in [0.15, 0.2) is 36.5 Å². The highest BCUT2D eigenvalue weighted by molar-refractivity contribution is 8.13. The molecule has 0 aliphatic heterocycles. The highest BCUT2D eigenvalue weighted by atomic mass is 32.2. The molecule has 1 aromatic heterocycles. The lowest BCUT2D eigenvalue weighted by Gasteiger charge is -2.04. The minimum absolute atomic E-state index is 0.174. The SMILES string of the molecule is N=C(N)SCCc1ccc(Cn2ccc(N)n2)cc1. The highest BCUT2D eigenvalue weighted by Gasteiger charge is 1.99. The fourth-order valence-electron chi connectivity index (χ4n) is 1.74. The average Bonchev–Trinajstić information content (AvgIpc) is 2.77. The number of nitrogen functional groups attached to an aromatic ring is 1. The number of anilines is 1. The van der Waals surface area contributed by atoms with Crippen molar-refractivity contribution in [3.8, 4) is 0 Å². The number of thioether (sulfide) groups is 1. The topological polar surface area (TPSA) is 93.7 Å². The van der Waals surface area contributed by atoms with E-state index in [9.17, 15) is 0 Å². The molecule has 2 aromatic rings. The largest absolute Gasteiger partial charge is 0.382 e. The number of hydrogen-bond donors (Lipinski definition) is 3. The molecule has 19 heavy (non-hydrogen) atoms. The number of hydrogen-bond acceptors (Lipinski definition) is 4. The molecule has 0 radical (unpaired) electrons. The van der Waals surface area contributed by atoms with Crippen molar-refractivity contribution in [1.29, 1.82) is 5.41 Å². The molecule has 2 rings (SSSR count). The molecule has 0 aliphatic carbocycles. The number of nitrogens with two attached hydrogens (primary N) is 2. The van der Waals surface area contributed by atoms with Crippen molar-refractivity contribution in [2.45, 2.75) is 13.0 Å². The van der Waals surface area contributed by atoms with Gasteiger partial charge >= 0.3 is 0 Å². The van der Waals surface area contributed by atoms with Crippen LogP contribution >= 0.6 is 11.8 Å². The van der Waals surface area contributed by atoms with E-state index < -0.39 is 0 Å². The Morgan fingerprint density at radius 3 is 2.47 bits per heavy atom. The van der Waals surface area contributed by atoms with E-state index in [1.807, 2.05) is 10.9 Å². The summed E-state index contributed by atoms with van der Waals surface area (Å²) in [6.07, 6.45) is 2.78. The molecular weight excluding hydrogens is 258 g/mol. The van der Waals surface area contributed by atoms with Gasteiger partial charge in [0.2, 0.25) is 0 Å². The molecule has 0 aliphatic rings. The minimum Gasteiger partial charge on any atom is -0.382 e. The van der Waals surface area contributed by atoms with Crippen LogP contribution in [0.5, 0.6) is 0 Å². The first-order valence-corrected chi connectivity index (χ1v) is 6.95. The van der Waals surface area contributed by atoms with Crippen LogP contribution in [0, 0.1) is 5.41 Å². The summed E-state index contributed by atoms with van der Waals surface area (Å²) in [7, 11) is 0. The third kappa shape index (κ3) is 4.33. The van der Waals surface area contributed by atoms with Crippen molar-refractivity contribution in [3.63, 3.8) is 0 Å². The van der Waals surface area contributed by atoms with Crippen LogP contribution in [0.2, 0.25) is 0 Å². The predicted molar refractivity (Wildman–Crippen MR) is 80.3 cm³/mol. The molecule has 0 unspecified atom stereocenters. The maximum absolute atomic E-state index is 7.14. The maximum atomic E-state index is 7.14. The van der Waals surface area contributed by atoms with Gasteiger partial charge in [-0.25, -0.2) is 0 Å². The molecule has 0 amide bonds. The maximum Gasteiger partial charge on any atom is 0.151 e. The van der Waals surface area contributed by atoms with Gasteiger partial charge in [0.05, 0.1) is 6.54 Å². The number of aromatic nitrogens is 2. The van der Waals surface area contributed by atoms with Gasteiger partial charge in [-0.15, -0.1) is 0 Å². The third-order valence-corrected chi connectivity index (χ3v) is 3.40. The number of amidine groups is 1. The summed E-state index contributed by atoms with van der Waals surface area (Å²) in [6.45, 7) is 0.722. The molecule has 100 valence electrons.